The Labute approximate surface area is 121 Å². The molecule has 0 radical (unpaired) electrons. The van der Waals surface area contributed by atoms with E-state index >= 15 is 0 Å². The quantitative estimate of drug-likeness (QED) is 0.761. The highest BCUT2D eigenvalue weighted by atomic mass is 16.5. The van der Waals surface area contributed by atoms with Crippen molar-refractivity contribution in [1.82, 2.24) is 9.97 Å². The van der Waals surface area contributed by atoms with Crippen molar-refractivity contribution in [2.75, 3.05) is 23.9 Å². The molecule has 0 spiro atoms. The van der Waals surface area contributed by atoms with Crippen LogP contribution in [-0.2, 0) is 4.79 Å². The summed E-state index contributed by atoms with van der Waals surface area (Å²) in [5.74, 6) is 1.15. The summed E-state index contributed by atoms with van der Waals surface area (Å²) >= 11 is 0. The van der Waals surface area contributed by atoms with Crippen molar-refractivity contribution >= 4 is 23.5 Å². The molecule has 0 saturated carbocycles. The maximum Gasteiger partial charge on any atom is 0.226 e. The van der Waals surface area contributed by atoms with Gasteiger partial charge in [-0.3, -0.25) is 4.79 Å². The van der Waals surface area contributed by atoms with Gasteiger partial charge in [0, 0.05) is 17.9 Å². The lowest BCUT2D eigenvalue weighted by Crippen LogP contribution is -2.26. The minimum atomic E-state index is -0.194. The molecule has 21 heavy (non-hydrogen) atoms. The predicted octanol–water partition coefficient (Wildman–Crippen LogP) is 1.12. The van der Waals surface area contributed by atoms with Gasteiger partial charge in [0.15, 0.2) is 0 Å². The molecule has 0 saturated heterocycles. The Morgan fingerprint density at radius 3 is 2.62 bits per heavy atom. The molecule has 1 aliphatic rings. The number of nitrogens with two attached hydrogens (primary N) is 2. The number of nitrogens with zero attached hydrogens (tertiary/aromatic N) is 2. The molecular formula is C14H15N5O2. The summed E-state index contributed by atoms with van der Waals surface area (Å²) in [6, 6.07) is 7.50. The molecule has 1 amide bonds. The van der Waals surface area contributed by atoms with Gasteiger partial charge in [0.05, 0.1) is 7.11 Å². The number of nitrogens with one attached hydrogen (secondary N) is 1. The summed E-state index contributed by atoms with van der Waals surface area (Å²) < 4.78 is 5.14. The maximum atomic E-state index is 11.9. The van der Waals surface area contributed by atoms with Gasteiger partial charge in [-0.25, -0.2) is 0 Å². The molecule has 0 unspecified atom stereocenters. The Morgan fingerprint density at radius 1 is 1.24 bits per heavy atom. The fourth-order valence-electron chi connectivity index (χ4n) is 2.53. The molecule has 5 N–H and O–H groups in total. The summed E-state index contributed by atoms with van der Waals surface area (Å²) in [4.78, 5) is 19.9. The van der Waals surface area contributed by atoms with Crippen molar-refractivity contribution in [1.29, 1.82) is 0 Å². The van der Waals surface area contributed by atoms with E-state index < -0.39 is 0 Å². The first kappa shape index (κ1) is 13.2. The van der Waals surface area contributed by atoms with E-state index in [2.05, 4.69) is 15.3 Å². The summed E-state index contributed by atoms with van der Waals surface area (Å²) in [5.41, 5.74) is 13.2. The lowest BCUT2D eigenvalue weighted by molar-refractivity contribution is -0.116. The zero-order valence-corrected chi connectivity index (χ0v) is 11.5. The third-order valence-electron chi connectivity index (χ3n) is 3.51. The number of benzene rings is 1. The molecular weight excluding hydrogens is 270 g/mol. The van der Waals surface area contributed by atoms with Crippen LogP contribution >= 0.6 is 0 Å². The number of methoxy groups -OCH3 is 1. The Morgan fingerprint density at radius 2 is 1.95 bits per heavy atom. The van der Waals surface area contributed by atoms with Gasteiger partial charge in [0.25, 0.3) is 0 Å². The first-order valence-corrected chi connectivity index (χ1v) is 6.45. The third kappa shape index (κ3) is 2.33. The van der Waals surface area contributed by atoms with Crippen LogP contribution in [0.4, 0.5) is 17.6 Å². The van der Waals surface area contributed by atoms with Crippen molar-refractivity contribution in [2.45, 2.75) is 12.3 Å². The fraction of sp³-hybridized carbons (Fsp3) is 0.214. The highest BCUT2D eigenvalue weighted by Crippen LogP contribution is 2.39. The van der Waals surface area contributed by atoms with Crippen LogP contribution in [0.25, 0.3) is 0 Å². The van der Waals surface area contributed by atoms with Gasteiger partial charge in [-0.15, -0.1) is 0 Å². The van der Waals surface area contributed by atoms with E-state index in [4.69, 9.17) is 16.2 Å². The second kappa shape index (κ2) is 4.93. The number of carbonyl (C=O) groups is 1. The molecule has 108 valence electrons. The number of hydrogen-bond acceptors (Lipinski definition) is 6. The van der Waals surface area contributed by atoms with Crippen molar-refractivity contribution in [3.05, 3.63) is 35.4 Å². The number of fused-ring (bicyclic) bond motifs is 1. The normalized spacial score (nSPS) is 17.0. The van der Waals surface area contributed by atoms with E-state index in [1.54, 1.807) is 7.11 Å². The van der Waals surface area contributed by atoms with Crippen LogP contribution in [0.5, 0.6) is 5.75 Å². The lowest BCUT2D eigenvalue weighted by atomic mass is 9.86. The first-order chi connectivity index (χ1) is 10.1. The Hall–Kier alpha value is -2.83. The number of amides is 1. The molecule has 3 rings (SSSR count). The van der Waals surface area contributed by atoms with Crippen LogP contribution < -0.4 is 21.5 Å². The summed E-state index contributed by atoms with van der Waals surface area (Å²) in [5, 5.41) is 2.69. The monoisotopic (exact) mass is 285 g/mol. The lowest BCUT2D eigenvalue weighted by Gasteiger charge is -2.26. The molecule has 0 aliphatic carbocycles. The Balaban J connectivity index is 2.09. The molecule has 2 heterocycles. The van der Waals surface area contributed by atoms with E-state index in [1.807, 2.05) is 24.3 Å². The van der Waals surface area contributed by atoms with E-state index in [9.17, 15) is 4.79 Å². The van der Waals surface area contributed by atoms with Crippen LogP contribution in [0.1, 0.15) is 23.5 Å². The van der Waals surface area contributed by atoms with Crippen LogP contribution in [-0.4, -0.2) is 23.0 Å². The largest absolute Gasteiger partial charge is 0.497 e. The number of anilines is 3. The predicted molar refractivity (Wildman–Crippen MR) is 78.9 cm³/mol. The average molecular weight is 285 g/mol. The highest BCUT2D eigenvalue weighted by molar-refractivity contribution is 5.95. The smallest absolute Gasteiger partial charge is 0.226 e. The molecule has 1 aliphatic heterocycles. The minimum Gasteiger partial charge on any atom is -0.497 e. The van der Waals surface area contributed by atoms with E-state index in [0.717, 1.165) is 11.3 Å². The second-order valence-corrected chi connectivity index (χ2v) is 4.81. The van der Waals surface area contributed by atoms with Crippen molar-refractivity contribution < 1.29 is 9.53 Å². The van der Waals surface area contributed by atoms with Gasteiger partial charge in [0.2, 0.25) is 11.9 Å². The number of rotatable bonds is 2. The van der Waals surface area contributed by atoms with Crippen molar-refractivity contribution in [3.63, 3.8) is 0 Å². The average Bonchev–Trinajstić information content (AvgIpc) is 2.45. The topological polar surface area (TPSA) is 116 Å². The number of aromatic nitrogens is 2. The van der Waals surface area contributed by atoms with Gasteiger partial charge in [-0.05, 0) is 17.7 Å². The van der Waals surface area contributed by atoms with Crippen LogP contribution in [0, 0.1) is 0 Å². The molecule has 7 nitrogen and oxygen atoms in total. The Bertz CT molecular complexity index is 699. The zero-order valence-electron chi connectivity index (χ0n) is 11.5. The van der Waals surface area contributed by atoms with E-state index in [1.165, 1.54) is 0 Å². The van der Waals surface area contributed by atoms with Gasteiger partial charge >= 0.3 is 0 Å². The minimum absolute atomic E-state index is 0.0435. The molecule has 2 aromatic rings. The second-order valence-electron chi connectivity index (χ2n) is 4.81. The highest BCUT2D eigenvalue weighted by Gasteiger charge is 2.30. The number of hydrogen-bond donors (Lipinski definition) is 3. The van der Waals surface area contributed by atoms with Crippen molar-refractivity contribution in [2.24, 2.45) is 0 Å². The summed E-state index contributed by atoms with van der Waals surface area (Å²) in [6.45, 7) is 0. The van der Waals surface area contributed by atoms with Gasteiger partial charge in [-0.2, -0.15) is 9.97 Å². The molecule has 1 atom stereocenters. The number of nitrogen functional groups attached to an aromatic ring is 2. The summed E-state index contributed by atoms with van der Waals surface area (Å²) in [6.07, 6.45) is 0.288. The molecule has 7 heteroatoms. The summed E-state index contributed by atoms with van der Waals surface area (Å²) in [7, 11) is 1.60. The van der Waals surface area contributed by atoms with Crippen LogP contribution in [0.2, 0.25) is 0 Å². The van der Waals surface area contributed by atoms with Gasteiger partial charge in [-0.1, -0.05) is 12.1 Å². The third-order valence-corrected chi connectivity index (χ3v) is 3.51. The van der Waals surface area contributed by atoms with Crippen molar-refractivity contribution in [3.8, 4) is 5.75 Å². The number of ether oxygens (including phenoxy) is 1. The molecule has 0 bridgehead atoms. The number of carbonyl (C=O) groups excluding carboxylic acids is 1. The van der Waals surface area contributed by atoms with Gasteiger partial charge < -0.3 is 21.5 Å². The molecule has 1 aromatic carbocycles. The zero-order chi connectivity index (χ0) is 15.0. The maximum absolute atomic E-state index is 11.9. The SMILES string of the molecule is COc1ccc([C@@H]2CC(=O)Nc3nc(N)nc(N)c32)cc1. The van der Waals surface area contributed by atoms with Gasteiger partial charge in [0.1, 0.15) is 17.4 Å². The van der Waals surface area contributed by atoms with E-state index in [0.29, 0.717) is 17.2 Å². The van der Waals surface area contributed by atoms with Crippen LogP contribution in [0.15, 0.2) is 24.3 Å². The van der Waals surface area contributed by atoms with E-state index in [-0.39, 0.29) is 24.2 Å². The fourth-order valence-corrected chi connectivity index (χ4v) is 2.53. The standard InChI is InChI=1S/C14H15N5O2/c1-21-8-4-2-7(3-5-8)9-6-10(20)17-13-11(9)12(15)18-14(16)19-13/h2-5,9H,6H2,1H3,(H5,15,16,17,18,19,20)/t9-/m0/s1. The first-order valence-electron chi connectivity index (χ1n) is 6.45. The van der Waals surface area contributed by atoms with Crippen LogP contribution in [0.3, 0.4) is 0 Å². The Kier molecular flexibility index (Phi) is 3.09. The molecule has 0 fully saturated rings. The molecule has 1 aromatic heterocycles.